The smallest absolute Gasteiger partial charge is 0.173 e. The van der Waals surface area contributed by atoms with Gasteiger partial charge in [-0.2, -0.15) is 0 Å². The molecule has 0 radical (unpaired) electrons. The second-order valence-electron chi connectivity index (χ2n) is 8.82. The van der Waals surface area contributed by atoms with Gasteiger partial charge in [0.1, 0.15) is 17.4 Å². The van der Waals surface area contributed by atoms with E-state index in [0.717, 1.165) is 47.1 Å². The van der Waals surface area contributed by atoms with Gasteiger partial charge in [-0.1, -0.05) is 47.1 Å². The van der Waals surface area contributed by atoms with Crippen LogP contribution in [-0.4, -0.2) is 16.7 Å². The molecule has 0 amide bonds. The zero-order valence-corrected chi connectivity index (χ0v) is 22.2. The summed E-state index contributed by atoms with van der Waals surface area (Å²) >= 11 is 14.0. The van der Waals surface area contributed by atoms with Crippen molar-refractivity contribution in [3.8, 4) is 11.4 Å². The van der Waals surface area contributed by atoms with Gasteiger partial charge in [0, 0.05) is 27.9 Å². The maximum absolute atomic E-state index is 14.5. The standard InChI is InChI=1S/C28H24Cl2F2N2OS/c1-16-13-18(10-12-23(16)31)34-27-19(17-9-11-22(30)26(14-17)35-2)5-3-8-25(27)33-28(34)36-15-20-21(29)6-4-7-24(20)32/h4,6-7,9-14,19H,3,5,8,15H2,1-2H3. The normalized spacial score (nSPS) is 15.1. The topological polar surface area (TPSA) is 27.1 Å². The van der Waals surface area contributed by atoms with Crippen LogP contribution in [0, 0.1) is 18.6 Å². The third-order valence-corrected chi connectivity index (χ3v) is 8.21. The molecule has 0 N–H and O–H groups in total. The van der Waals surface area contributed by atoms with Crippen molar-refractivity contribution in [2.75, 3.05) is 7.11 Å². The predicted octanol–water partition coefficient (Wildman–Crippen LogP) is 8.53. The molecule has 0 saturated carbocycles. The molecule has 3 nitrogen and oxygen atoms in total. The van der Waals surface area contributed by atoms with E-state index in [-0.39, 0.29) is 17.6 Å². The highest BCUT2D eigenvalue weighted by Crippen LogP contribution is 2.43. The molecule has 36 heavy (non-hydrogen) atoms. The van der Waals surface area contributed by atoms with E-state index < -0.39 is 0 Å². The number of rotatable bonds is 6. The van der Waals surface area contributed by atoms with Crippen LogP contribution in [0.1, 0.15) is 46.8 Å². The highest BCUT2D eigenvalue weighted by Gasteiger charge is 2.31. The van der Waals surface area contributed by atoms with E-state index in [9.17, 15) is 8.78 Å². The molecule has 1 aliphatic rings. The Morgan fingerprint density at radius 1 is 1.06 bits per heavy atom. The summed E-state index contributed by atoms with van der Waals surface area (Å²) in [7, 11) is 1.60. The Morgan fingerprint density at radius 2 is 1.89 bits per heavy atom. The van der Waals surface area contributed by atoms with E-state index in [2.05, 4.69) is 4.57 Å². The molecular formula is C28H24Cl2F2N2OS. The maximum atomic E-state index is 14.5. The van der Waals surface area contributed by atoms with Crippen molar-refractivity contribution in [2.45, 2.75) is 43.0 Å². The van der Waals surface area contributed by atoms with Crippen LogP contribution < -0.4 is 4.74 Å². The van der Waals surface area contributed by atoms with Crippen LogP contribution >= 0.6 is 35.0 Å². The number of halogens is 4. The molecule has 0 aliphatic heterocycles. The van der Waals surface area contributed by atoms with Gasteiger partial charge in [0.2, 0.25) is 0 Å². The molecule has 0 fully saturated rings. The van der Waals surface area contributed by atoms with Crippen molar-refractivity contribution < 1.29 is 13.5 Å². The number of methoxy groups -OCH3 is 1. The molecule has 3 aromatic carbocycles. The summed E-state index contributed by atoms with van der Waals surface area (Å²) in [5.74, 6) is 0.375. The minimum Gasteiger partial charge on any atom is -0.495 e. The molecule has 8 heteroatoms. The summed E-state index contributed by atoms with van der Waals surface area (Å²) in [6.07, 6.45) is 2.73. The second kappa shape index (κ2) is 10.4. The number of benzene rings is 3. The first-order valence-electron chi connectivity index (χ1n) is 11.6. The maximum Gasteiger partial charge on any atom is 0.173 e. The first-order chi connectivity index (χ1) is 17.4. The number of hydrogen-bond donors (Lipinski definition) is 0. The number of hydrogen-bond acceptors (Lipinski definition) is 3. The van der Waals surface area contributed by atoms with Gasteiger partial charge >= 0.3 is 0 Å². The quantitative estimate of drug-likeness (QED) is 0.227. The van der Waals surface area contributed by atoms with Crippen LogP contribution in [0.3, 0.4) is 0 Å². The molecule has 0 spiro atoms. The van der Waals surface area contributed by atoms with Crippen LogP contribution in [-0.2, 0) is 12.2 Å². The van der Waals surface area contributed by atoms with Crippen LogP contribution in [0.4, 0.5) is 8.78 Å². The summed E-state index contributed by atoms with van der Waals surface area (Å²) in [6.45, 7) is 1.75. The van der Waals surface area contributed by atoms with Crippen molar-refractivity contribution in [3.05, 3.63) is 104 Å². The van der Waals surface area contributed by atoms with Gasteiger partial charge in [-0.25, -0.2) is 13.8 Å². The molecule has 1 atom stereocenters. The van der Waals surface area contributed by atoms with E-state index in [4.69, 9.17) is 32.9 Å². The zero-order chi connectivity index (χ0) is 25.4. The summed E-state index contributed by atoms with van der Waals surface area (Å²) in [5, 5.41) is 1.66. The highest BCUT2D eigenvalue weighted by molar-refractivity contribution is 7.98. The Labute approximate surface area is 223 Å². The van der Waals surface area contributed by atoms with Gasteiger partial charge in [-0.05, 0) is 79.8 Å². The molecule has 0 saturated heterocycles. The largest absolute Gasteiger partial charge is 0.495 e. The van der Waals surface area contributed by atoms with Crippen LogP contribution in [0.25, 0.3) is 5.69 Å². The van der Waals surface area contributed by atoms with Gasteiger partial charge in [0.15, 0.2) is 5.16 Å². The Bertz CT molecular complexity index is 1420. The third-order valence-electron chi connectivity index (χ3n) is 6.58. The van der Waals surface area contributed by atoms with Crippen LogP contribution in [0.5, 0.6) is 5.75 Å². The van der Waals surface area contributed by atoms with E-state index in [0.29, 0.717) is 32.7 Å². The van der Waals surface area contributed by atoms with E-state index in [1.54, 1.807) is 32.2 Å². The van der Waals surface area contributed by atoms with Crippen molar-refractivity contribution >= 4 is 35.0 Å². The van der Waals surface area contributed by atoms with Gasteiger partial charge in [0.25, 0.3) is 0 Å². The number of fused-ring (bicyclic) bond motifs is 1. The van der Waals surface area contributed by atoms with Crippen molar-refractivity contribution in [2.24, 2.45) is 0 Å². The number of aryl methyl sites for hydroxylation is 2. The molecule has 4 aromatic rings. The first-order valence-corrected chi connectivity index (χ1v) is 13.4. The molecule has 186 valence electrons. The van der Waals surface area contributed by atoms with E-state index in [1.807, 2.05) is 24.3 Å². The lowest BCUT2D eigenvalue weighted by Gasteiger charge is -2.26. The average Bonchev–Trinajstić information content (AvgIpc) is 3.24. The SMILES string of the molecule is COc1cc(C2CCCc3nc(SCc4c(F)cccc4Cl)n(-c4ccc(F)c(C)c4)c32)ccc1Cl. The first kappa shape index (κ1) is 25.1. The second-order valence-corrected chi connectivity index (χ2v) is 10.6. The molecule has 1 aliphatic carbocycles. The minimum atomic E-state index is -0.346. The summed E-state index contributed by atoms with van der Waals surface area (Å²) in [4.78, 5) is 5.00. The molecule has 0 bridgehead atoms. The number of nitrogens with zero attached hydrogens (tertiary/aromatic N) is 2. The van der Waals surface area contributed by atoms with Gasteiger partial charge < -0.3 is 4.74 Å². The summed E-state index contributed by atoms with van der Waals surface area (Å²) < 4.78 is 36.3. The minimum absolute atomic E-state index is 0.0455. The number of thioether (sulfide) groups is 1. The Kier molecular flexibility index (Phi) is 7.29. The summed E-state index contributed by atoms with van der Waals surface area (Å²) in [6, 6.07) is 15.6. The molecule has 1 aromatic heterocycles. The fraction of sp³-hybridized carbons (Fsp3) is 0.250. The lowest BCUT2D eigenvalue weighted by atomic mass is 9.84. The van der Waals surface area contributed by atoms with E-state index >= 15 is 0 Å². The van der Waals surface area contributed by atoms with Gasteiger partial charge in [-0.15, -0.1) is 0 Å². The lowest BCUT2D eigenvalue weighted by molar-refractivity contribution is 0.414. The average molecular weight is 545 g/mol. The van der Waals surface area contributed by atoms with Crippen molar-refractivity contribution in [3.63, 3.8) is 0 Å². The number of imidazole rings is 1. The fourth-order valence-corrected chi connectivity index (χ4v) is 6.32. The zero-order valence-electron chi connectivity index (χ0n) is 19.8. The Morgan fingerprint density at radius 3 is 2.64 bits per heavy atom. The van der Waals surface area contributed by atoms with Crippen LogP contribution in [0.15, 0.2) is 59.8 Å². The van der Waals surface area contributed by atoms with E-state index in [1.165, 1.54) is 23.9 Å². The highest BCUT2D eigenvalue weighted by atomic mass is 35.5. The van der Waals surface area contributed by atoms with Gasteiger partial charge in [-0.3, -0.25) is 4.57 Å². The Balaban J connectivity index is 1.64. The lowest BCUT2D eigenvalue weighted by Crippen LogP contribution is -2.15. The van der Waals surface area contributed by atoms with Crippen LogP contribution in [0.2, 0.25) is 10.0 Å². The van der Waals surface area contributed by atoms with Crippen molar-refractivity contribution in [1.29, 1.82) is 0 Å². The van der Waals surface area contributed by atoms with Gasteiger partial charge in [0.05, 0.1) is 23.5 Å². The van der Waals surface area contributed by atoms with Crippen molar-refractivity contribution in [1.82, 2.24) is 9.55 Å². The number of aromatic nitrogens is 2. The molecular weight excluding hydrogens is 521 g/mol. The summed E-state index contributed by atoms with van der Waals surface area (Å²) in [5.41, 5.74) is 4.92. The third kappa shape index (κ3) is 4.74. The monoisotopic (exact) mass is 544 g/mol. The molecule has 5 rings (SSSR count). The molecule has 1 unspecified atom stereocenters. The Hall–Kier alpha value is -2.54. The number of ether oxygens (including phenoxy) is 1. The molecule has 1 heterocycles. The predicted molar refractivity (Wildman–Crippen MR) is 142 cm³/mol. The fourth-order valence-electron chi connectivity index (χ4n) is 4.75.